The summed E-state index contributed by atoms with van der Waals surface area (Å²) in [6.45, 7) is 1.38. The largest absolute Gasteiger partial charge is 0.396 e. The van der Waals surface area contributed by atoms with Gasteiger partial charge in [0.25, 0.3) is 0 Å². The number of nitrogens with two attached hydrogens (primary N) is 1. The van der Waals surface area contributed by atoms with E-state index in [9.17, 15) is 0 Å². The molecule has 6 N–H and O–H groups in total. The zero-order chi connectivity index (χ0) is 10.4. The molecule has 0 fully saturated rings. The normalized spacial score (nSPS) is 15.8. The number of hydrogen-bond donors (Lipinski definition) is 5. The van der Waals surface area contributed by atoms with Crippen LogP contribution in [0.1, 0.15) is 13.3 Å². The van der Waals surface area contributed by atoms with Gasteiger partial charge in [0, 0.05) is 13.0 Å². The van der Waals surface area contributed by atoms with Crippen LogP contribution in [0.3, 0.4) is 0 Å². The van der Waals surface area contributed by atoms with Gasteiger partial charge < -0.3 is 15.9 Å². The van der Waals surface area contributed by atoms with Gasteiger partial charge in [0.15, 0.2) is 0 Å². The first kappa shape index (κ1) is 14.3. The molecule has 0 aliphatic carbocycles. The van der Waals surface area contributed by atoms with Crippen molar-refractivity contribution in [1.82, 2.24) is 0 Å². The molecule has 0 aromatic carbocycles. The van der Waals surface area contributed by atoms with Crippen molar-refractivity contribution in [3.05, 3.63) is 0 Å². The van der Waals surface area contributed by atoms with Crippen LogP contribution in [-0.4, -0.2) is 40.1 Å². The average molecular weight is 203 g/mol. The van der Waals surface area contributed by atoms with Crippen LogP contribution in [0.5, 0.6) is 0 Å². The van der Waals surface area contributed by atoms with Crippen LogP contribution in [0.25, 0.3) is 0 Å². The first-order valence-electron chi connectivity index (χ1n) is 2.88. The van der Waals surface area contributed by atoms with Crippen molar-refractivity contribution in [2.45, 2.75) is 19.1 Å². The summed E-state index contributed by atoms with van der Waals surface area (Å²) >= 11 is 0. The molecule has 0 aromatic heterocycles. The molecule has 0 amide bonds. The van der Waals surface area contributed by atoms with Crippen LogP contribution >= 0.6 is 0 Å². The number of rotatable bonds is 2. The Morgan fingerprint density at radius 3 is 1.67 bits per heavy atom. The van der Waals surface area contributed by atoms with Crippen LogP contribution < -0.4 is 5.73 Å². The van der Waals surface area contributed by atoms with Crippen molar-refractivity contribution >= 4 is 10.4 Å². The molecule has 0 aromatic rings. The number of aliphatic hydroxyl groups excluding tert-OH is 1. The average Bonchev–Trinajstić information content (AvgIpc) is 1.54. The first-order chi connectivity index (χ1) is 5.06. The predicted molar refractivity (Wildman–Crippen MR) is 40.7 cm³/mol. The lowest BCUT2D eigenvalue weighted by molar-refractivity contribution is 0.0397. The molecule has 1 unspecified atom stereocenters. The highest BCUT2D eigenvalue weighted by Crippen LogP contribution is 1.95. The van der Waals surface area contributed by atoms with Gasteiger partial charge in [-0.3, -0.25) is 9.11 Å². The van der Waals surface area contributed by atoms with Gasteiger partial charge in [-0.15, -0.1) is 0 Å². The fraction of sp³-hybridized carbons (Fsp3) is 1.00. The predicted octanol–water partition coefficient (Wildman–Crippen LogP) is -1.62. The quantitative estimate of drug-likeness (QED) is 0.268. The molecule has 0 bridgehead atoms. The minimum Gasteiger partial charge on any atom is -0.396 e. The maximum atomic E-state index is 8.74. The second-order valence-corrected chi connectivity index (χ2v) is 3.17. The summed E-state index contributed by atoms with van der Waals surface area (Å²) < 4.78 is 31.6. The summed E-state index contributed by atoms with van der Waals surface area (Å²) in [5, 5.41) is 16.8. The lowest BCUT2D eigenvalue weighted by Gasteiger charge is -2.13. The molecule has 0 spiro atoms. The highest BCUT2D eigenvalue weighted by molar-refractivity contribution is 7.79. The Morgan fingerprint density at radius 1 is 1.42 bits per heavy atom. The number of hydrogen-bond acceptors (Lipinski definition) is 5. The Hall–Kier alpha value is -0.250. The third-order valence-electron chi connectivity index (χ3n) is 0.618. The van der Waals surface area contributed by atoms with Gasteiger partial charge in [-0.05, 0) is 6.92 Å². The third-order valence-corrected chi connectivity index (χ3v) is 0.618. The van der Waals surface area contributed by atoms with Crippen molar-refractivity contribution in [2.24, 2.45) is 5.73 Å². The van der Waals surface area contributed by atoms with Crippen molar-refractivity contribution in [1.29, 1.82) is 0 Å². The first-order valence-corrected chi connectivity index (χ1v) is 4.28. The molecule has 0 radical (unpaired) electrons. The summed E-state index contributed by atoms with van der Waals surface area (Å²) in [6.07, 6.45) is 0.229. The molecule has 0 rings (SSSR count). The minimum absolute atomic E-state index is 0.0660. The van der Waals surface area contributed by atoms with E-state index in [0.717, 1.165) is 0 Å². The second-order valence-electron chi connectivity index (χ2n) is 2.28. The zero-order valence-electron chi connectivity index (χ0n) is 6.51. The van der Waals surface area contributed by atoms with Gasteiger partial charge in [-0.2, -0.15) is 8.42 Å². The Bertz CT molecular complexity index is 184. The smallest absolute Gasteiger partial charge is 0.394 e. The molecule has 12 heavy (non-hydrogen) atoms. The standard InChI is InChI=1S/C4H11NO2.H2O4S/c1-4(5,7)2-3-6;1-5(2,3)4/h6-7H,2-3,5H2,1H3;(H2,1,2,3,4). The van der Waals surface area contributed by atoms with Gasteiger partial charge in [0.2, 0.25) is 0 Å². The van der Waals surface area contributed by atoms with Crippen molar-refractivity contribution in [3.8, 4) is 0 Å². The fourth-order valence-electron chi connectivity index (χ4n) is 0.226. The van der Waals surface area contributed by atoms with Gasteiger partial charge in [-0.25, -0.2) is 0 Å². The summed E-state index contributed by atoms with van der Waals surface area (Å²) in [6, 6.07) is 0. The molecular formula is C4H13NO6S. The molecule has 7 nitrogen and oxygen atoms in total. The zero-order valence-corrected chi connectivity index (χ0v) is 7.32. The summed E-state index contributed by atoms with van der Waals surface area (Å²) in [4.78, 5) is 0. The fourth-order valence-corrected chi connectivity index (χ4v) is 0.226. The van der Waals surface area contributed by atoms with E-state index in [1.165, 1.54) is 6.92 Å². The number of aliphatic hydroxyl groups is 2. The van der Waals surface area contributed by atoms with Crippen LogP contribution in [-0.2, 0) is 10.4 Å². The summed E-state index contributed by atoms with van der Waals surface area (Å²) in [7, 11) is -4.67. The third kappa shape index (κ3) is 53.1. The monoisotopic (exact) mass is 203 g/mol. The van der Waals surface area contributed by atoms with E-state index < -0.39 is 16.1 Å². The highest BCUT2D eigenvalue weighted by atomic mass is 32.3. The SMILES string of the molecule is CC(N)(O)CCO.O=S(=O)(O)O. The van der Waals surface area contributed by atoms with Gasteiger partial charge in [-0.1, -0.05) is 0 Å². The van der Waals surface area contributed by atoms with E-state index in [1.807, 2.05) is 0 Å². The van der Waals surface area contributed by atoms with Crippen molar-refractivity contribution in [2.75, 3.05) is 6.61 Å². The Balaban J connectivity index is 0. The van der Waals surface area contributed by atoms with Crippen molar-refractivity contribution < 1.29 is 27.7 Å². The molecule has 0 saturated heterocycles. The Morgan fingerprint density at radius 2 is 1.67 bits per heavy atom. The van der Waals surface area contributed by atoms with E-state index in [2.05, 4.69) is 0 Å². The molecule has 8 heteroatoms. The summed E-state index contributed by atoms with van der Waals surface area (Å²) in [5.74, 6) is 0. The molecule has 0 aliphatic heterocycles. The Labute approximate surface area is 70.4 Å². The topological polar surface area (TPSA) is 141 Å². The van der Waals surface area contributed by atoms with Crippen molar-refractivity contribution in [3.63, 3.8) is 0 Å². The molecule has 0 heterocycles. The maximum Gasteiger partial charge on any atom is 0.394 e. The van der Waals surface area contributed by atoms with Crippen LogP contribution in [0, 0.1) is 0 Å². The lowest BCUT2D eigenvalue weighted by Crippen LogP contribution is -2.36. The lowest BCUT2D eigenvalue weighted by atomic mass is 10.2. The van der Waals surface area contributed by atoms with E-state index in [4.69, 9.17) is 33.5 Å². The molecule has 0 saturated carbocycles. The van der Waals surface area contributed by atoms with E-state index >= 15 is 0 Å². The molecular weight excluding hydrogens is 190 g/mol. The molecule has 76 valence electrons. The van der Waals surface area contributed by atoms with E-state index in [1.54, 1.807) is 0 Å². The van der Waals surface area contributed by atoms with E-state index in [-0.39, 0.29) is 13.0 Å². The minimum atomic E-state index is -4.67. The van der Waals surface area contributed by atoms with Gasteiger partial charge in [0.1, 0.15) is 5.72 Å². The molecule has 1 atom stereocenters. The molecule has 0 aliphatic rings. The summed E-state index contributed by atoms with van der Waals surface area (Å²) in [5.41, 5.74) is 3.84. The second kappa shape index (κ2) is 5.41. The maximum absolute atomic E-state index is 8.74. The highest BCUT2D eigenvalue weighted by Gasteiger charge is 2.09. The van der Waals surface area contributed by atoms with E-state index in [0.29, 0.717) is 0 Å². The Kier molecular flexibility index (Phi) is 6.43. The van der Waals surface area contributed by atoms with Gasteiger partial charge >= 0.3 is 10.4 Å². The van der Waals surface area contributed by atoms with Crippen LogP contribution in [0.4, 0.5) is 0 Å². The van der Waals surface area contributed by atoms with Crippen LogP contribution in [0.2, 0.25) is 0 Å². The van der Waals surface area contributed by atoms with Crippen LogP contribution in [0.15, 0.2) is 0 Å². The van der Waals surface area contributed by atoms with Gasteiger partial charge in [0.05, 0.1) is 0 Å².